The van der Waals surface area contributed by atoms with Gasteiger partial charge in [-0.25, -0.2) is 4.79 Å². The van der Waals surface area contributed by atoms with Crippen LogP contribution in [0.25, 0.3) is 33.4 Å². The fraction of sp³-hybridized carbons (Fsp3) is 0.214. The fourth-order valence-electron chi connectivity index (χ4n) is 4.70. The number of hydrogen-bond acceptors (Lipinski definition) is 3. The second-order valence-corrected chi connectivity index (χ2v) is 8.48. The van der Waals surface area contributed by atoms with Gasteiger partial charge in [-0.2, -0.15) is 5.10 Å². The zero-order chi connectivity index (χ0) is 23.7. The van der Waals surface area contributed by atoms with E-state index in [1.54, 1.807) is 0 Å². The Morgan fingerprint density at radius 3 is 2.41 bits per heavy atom. The molecule has 34 heavy (non-hydrogen) atoms. The van der Waals surface area contributed by atoms with Crippen LogP contribution in [-0.2, 0) is 19.6 Å². The minimum atomic E-state index is 0.0202. The van der Waals surface area contributed by atoms with E-state index in [9.17, 15) is 4.79 Å². The molecule has 0 saturated carbocycles. The number of imidazole rings is 1. The van der Waals surface area contributed by atoms with E-state index in [1.165, 1.54) is 11.1 Å². The van der Waals surface area contributed by atoms with Crippen molar-refractivity contribution in [3.8, 4) is 22.4 Å². The summed E-state index contributed by atoms with van der Waals surface area (Å²) >= 11 is 0. The number of aromatic nitrogens is 4. The summed E-state index contributed by atoms with van der Waals surface area (Å²) in [5.74, 6) is 0.771. The number of aromatic amines is 1. The first kappa shape index (κ1) is 21.8. The first-order chi connectivity index (χ1) is 16.6. The maximum absolute atomic E-state index is 13.2. The third-order valence-electron chi connectivity index (χ3n) is 6.31. The van der Waals surface area contributed by atoms with E-state index < -0.39 is 0 Å². The maximum atomic E-state index is 13.2. The first-order valence-electron chi connectivity index (χ1n) is 11.8. The van der Waals surface area contributed by atoms with Gasteiger partial charge in [0.05, 0.1) is 22.3 Å². The van der Waals surface area contributed by atoms with E-state index in [1.807, 2.05) is 53.3 Å². The van der Waals surface area contributed by atoms with Gasteiger partial charge in [-0.15, -0.1) is 0 Å². The van der Waals surface area contributed by atoms with E-state index in [4.69, 9.17) is 5.10 Å². The highest BCUT2D eigenvalue weighted by Gasteiger charge is 2.22. The van der Waals surface area contributed by atoms with Gasteiger partial charge in [0.2, 0.25) is 0 Å². The summed E-state index contributed by atoms with van der Waals surface area (Å²) in [6.07, 6.45) is 0. The molecule has 5 aromatic rings. The van der Waals surface area contributed by atoms with E-state index in [0.29, 0.717) is 19.6 Å². The number of hydrogen-bond donors (Lipinski definition) is 2. The van der Waals surface area contributed by atoms with E-state index in [2.05, 4.69) is 59.8 Å². The standard InChI is InChI=1S/C28H29N5O/c1-4-32-23-16-10-15-22(26(23)33(5-2)28(32)34)24-25(21-14-9-11-19(3)17-21)30-31-27(24)29-18-20-12-7-6-8-13-20/h6-17H,4-5,18H2,1-3H3,(H2,29,30,31). The number of fused-ring (bicyclic) bond motifs is 1. The second-order valence-electron chi connectivity index (χ2n) is 8.48. The molecule has 6 heteroatoms. The Labute approximate surface area is 198 Å². The molecule has 0 bridgehead atoms. The van der Waals surface area contributed by atoms with Crippen molar-refractivity contribution in [1.82, 2.24) is 19.3 Å². The van der Waals surface area contributed by atoms with Crippen molar-refractivity contribution in [3.63, 3.8) is 0 Å². The fourth-order valence-corrected chi connectivity index (χ4v) is 4.70. The molecule has 0 saturated heterocycles. The monoisotopic (exact) mass is 451 g/mol. The molecule has 172 valence electrons. The molecule has 3 aromatic carbocycles. The van der Waals surface area contributed by atoms with Crippen LogP contribution < -0.4 is 11.0 Å². The number of aryl methyl sites for hydroxylation is 3. The molecule has 0 aliphatic rings. The SMILES string of the molecule is CCn1c(=O)n(CC)c2c(-c3c(NCc4ccccc4)n[nH]c3-c3cccc(C)c3)cccc21. The lowest BCUT2D eigenvalue weighted by atomic mass is 9.98. The van der Waals surface area contributed by atoms with Gasteiger partial charge in [0, 0.05) is 30.8 Å². The number of benzene rings is 3. The van der Waals surface area contributed by atoms with Crippen LogP contribution in [0.4, 0.5) is 5.82 Å². The molecule has 6 nitrogen and oxygen atoms in total. The molecule has 0 radical (unpaired) electrons. The Morgan fingerprint density at radius 2 is 1.68 bits per heavy atom. The van der Waals surface area contributed by atoms with Crippen molar-refractivity contribution < 1.29 is 0 Å². The summed E-state index contributed by atoms with van der Waals surface area (Å²) in [6.45, 7) is 7.99. The van der Waals surface area contributed by atoms with Crippen LogP contribution in [-0.4, -0.2) is 19.3 Å². The Hall–Kier alpha value is -4.06. The summed E-state index contributed by atoms with van der Waals surface area (Å²) in [5, 5.41) is 11.5. The molecule has 0 aliphatic carbocycles. The molecule has 5 rings (SSSR count). The van der Waals surface area contributed by atoms with Gasteiger partial charge in [0.15, 0.2) is 5.82 Å². The highest BCUT2D eigenvalue weighted by atomic mass is 16.1. The molecule has 2 N–H and O–H groups in total. The lowest BCUT2D eigenvalue weighted by Crippen LogP contribution is -2.23. The predicted octanol–water partition coefficient (Wildman–Crippen LogP) is 5.82. The van der Waals surface area contributed by atoms with Gasteiger partial charge in [0.1, 0.15) is 0 Å². The largest absolute Gasteiger partial charge is 0.364 e. The normalized spacial score (nSPS) is 11.3. The van der Waals surface area contributed by atoms with Crippen molar-refractivity contribution in [1.29, 1.82) is 0 Å². The maximum Gasteiger partial charge on any atom is 0.329 e. The Bertz CT molecular complexity index is 1510. The van der Waals surface area contributed by atoms with Crippen LogP contribution in [0.2, 0.25) is 0 Å². The topological polar surface area (TPSA) is 67.6 Å². The number of nitrogens with zero attached hydrogens (tertiary/aromatic N) is 3. The highest BCUT2D eigenvalue weighted by Crippen LogP contribution is 2.40. The molecule has 2 aromatic heterocycles. The van der Waals surface area contributed by atoms with Crippen LogP contribution >= 0.6 is 0 Å². The minimum Gasteiger partial charge on any atom is -0.364 e. The molecule has 0 atom stereocenters. The van der Waals surface area contributed by atoms with E-state index in [0.717, 1.165) is 39.2 Å². The van der Waals surface area contributed by atoms with Crippen molar-refractivity contribution >= 4 is 16.9 Å². The van der Waals surface area contributed by atoms with Crippen LogP contribution in [0.15, 0.2) is 77.6 Å². The Morgan fingerprint density at radius 1 is 0.912 bits per heavy atom. The van der Waals surface area contributed by atoms with Gasteiger partial charge in [-0.1, -0.05) is 66.2 Å². The van der Waals surface area contributed by atoms with Crippen LogP contribution in [0, 0.1) is 6.92 Å². The summed E-state index contributed by atoms with van der Waals surface area (Å²) in [4.78, 5) is 13.2. The number of nitrogens with one attached hydrogen (secondary N) is 2. The minimum absolute atomic E-state index is 0.0202. The second kappa shape index (κ2) is 9.06. The van der Waals surface area contributed by atoms with Crippen LogP contribution in [0.3, 0.4) is 0 Å². The zero-order valence-electron chi connectivity index (χ0n) is 19.8. The van der Waals surface area contributed by atoms with Crippen LogP contribution in [0.1, 0.15) is 25.0 Å². The van der Waals surface area contributed by atoms with Gasteiger partial charge in [-0.05, 0) is 38.5 Å². The molecular formula is C28H29N5O. The van der Waals surface area contributed by atoms with Gasteiger partial charge >= 0.3 is 5.69 Å². The quantitative estimate of drug-likeness (QED) is 0.328. The van der Waals surface area contributed by atoms with Crippen molar-refractivity contribution in [2.75, 3.05) is 5.32 Å². The first-order valence-corrected chi connectivity index (χ1v) is 11.8. The van der Waals surface area contributed by atoms with Crippen molar-refractivity contribution in [2.24, 2.45) is 0 Å². The third kappa shape index (κ3) is 3.71. The van der Waals surface area contributed by atoms with Gasteiger partial charge in [-0.3, -0.25) is 14.2 Å². The predicted molar refractivity (Wildman–Crippen MR) is 139 cm³/mol. The summed E-state index contributed by atoms with van der Waals surface area (Å²) in [7, 11) is 0. The lowest BCUT2D eigenvalue weighted by molar-refractivity contribution is 0.671. The number of anilines is 1. The Kier molecular flexibility index (Phi) is 5.80. The van der Waals surface area contributed by atoms with Gasteiger partial charge in [0.25, 0.3) is 0 Å². The third-order valence-corrected chi connectivity index (χ3v) is 6.31. The molecule has 0 amide bonds. The molecular weight excluding hydrogens is 422 g/mol. The average Bonchev–Trinajstić information content (AvgIpc) is 3.41. The van der Waals surface area contributed by atoms with Crippen molar-refractivity contribution in [3.05, 3.63) is 94.4 Å². The molecule has 0 spiro atoms. The molecule has 2 heterocycles. The number of para-hydroxylation sites is 1. The molecule has 0 aliphatic heterocycles. The van der Waals surface area contributed by atoms with E-state index in [-0.39, 0.29) is 5.69 Å². The van der Waals surface area contributed by atoms with Gasteiger partial charge < -0.3 is 5.32 Å². The van der Waals surface area contributed by atoms with E-state index >= 15 is 0 Å². The highest BCUT2D eigenvalue weighted by molar-refractivity contribution is 6.00. The summed E-state index contributed by atoms with van der Waals surface area (Å²) in [5.41, 5.74) is 8.22. The smallest absolute Gasteiger partial charge is 0.329 e. The number of rotatable bonds is 7. The lowest BCUT2D eigenvalue weighted by Gasteiger charge is -2.12. The number of H-pyrrole nitrogens is 1. The average molecular weight is 452 g/mol. The summed E-state index contributed by atoms with van der Waals surface area (Å²) < 4.78 is 3.70. The molecule has 0 fully saturated rings. The summed E-state index contributed by atoms with van der Waals surface area (Å²) in [6, 6.07) is 24.8. The van der Waals surface area contributed by atoms with Crippen molar-refractivity contribution in [2.45, 2.75) is 40.4 Å². The van der Waals surface area contributed by atoms with Crippen LogP contribution in [0.5, 0.6) is 0 Å². The zero-order valence-corrected chi connectivity index (χ0v) is 19.8. The Balaban J connectivity index is 1.75. The molecule has 0 unspecified atom stereocenters.